The normalized spacial score (nSPS) is 11.5. The number of halogens is 2. The molecule has 180 valence electrons. The van der Waals surface area contributed by atoms with Crippen LogP contribution in [0.1, 0.15) is 17.3 Å². The van der Waals surface area contributed by atoms with Gasteiger partial charge in [-0.3, -0.25) is 0 Å². The number of oxime groups is 1. The summed E-state index contributed by atoms with van der Waals surface area (Å²) in [6.07, 6.45) is 0. The van der Waals surface area contributed by atoms with Crippen molar-refractivity contribution in [2.24, 2.45) is 12.2 Å². The average molecular weight is 567 g/mol. The number of nitrogens with zero attached hydrogens (tertiary/aromatic N) is 7. The van der Waals surface area contributed by atoms with Gasteiger partial charge in [-0.25, -0.2) is 4.68 Å². The standard InChI is InChI=1S/C24H17BrClN7O3/c1-33-23(28-31-32-33)21(15-6-3-2-4-7-15)30-34-14-20-27-29-24(36-20)18-8-5-9-19(26)22(18)35-17-12-10-16(25)11-13-17/h2-13H,14H2,1H3/b30-21-. The Hall–Kier alpha value is -4.09. The van der Waals surface area contributed by atoms with E-state index in [0.717, 1.165) is 10.0 Å². The zero-order valence-corrected chi connectivity index (χ0v) is 21.1. The van der Waals surface area contributed by atoms with Crippen molar-refractivity contribution in [2.45, 2.75) is 6.61 Å². The lowest BCUT2D eigenvalue weighted by Crippen LogP contribution is -2.12. The second-order valence-corrected chi connectivity index (χ2v) is 8.70. The molecule has 0 spiro atoms. The molecule has 10 nitrogen and oxygen atoms in total. The summed E-state index contributed by atoms with van der Waals surface area (Å²) in [5.74, 6) is 1.90. The summed E-state index contributed by atoms with van der Waals surface area (Å²) in [5, 5.41) is 24.4. The predicted molar refractivity (Wildman–Crippen MR) is 135 cm³/mol. The van der Waals surface area contributed by atoms with Crippen molar-refractivity contribution < 1.29 is 14.0 Å². The van der Waals surface area contributed by atoms with Crippen molar-refractivity contribution in [3.8, 4) is 23.0 Å². The van der Waals surface area contributed by atoms with Crippen LogP contribution in [0.3, 0.4) is 0 Å². The predicted octanol–water partition coefficient (Wildman–Crippen LogP) is 5.44. The van der Waals surface area contributed by atoms with Gasteiger partial charge in [-0.05, 0) is 46.8 Å². The van der Waals surface area contributed by atoms with E-state index in [-0.39, 0.29) is 18.4 Å². The molecule has 0 aliphatic carbocycles. The van der Waals surface area contributed by atoms with Crippen LogP contribution < -0.4 is 4.74 Å². The molecule has 0 unspecified atom stereocenters. The summed E-state index contributed by atoms with van der Waals surface area (Å²) in [5.41, 5.74) is 1.79. The molecule has 0 saturated carbocycles. The third kappa shape index (κ3) is 5.26. The van der Waals surface area contributed by atoms with E-state index in [1.807, 2.05) is 54.6 Å². The minimum Gasteiger partial charge on any atom is -0.455 e. The molecule has 2 aromatic heterocycles. The van der Waals surface area contributed by atoms with E-state index in [2.05, 4.69) is 46.8 Å². The first-order valence-corrected chi connectivity index (χ1v) is 11.8. The van der Waals surface area contributed by atoms with Crippen molar-refractivity contribution in [1.82, 2.24) is 30.4 Å². The lowest BCUT2D eigenvalue weighted by molar-refractivity contribution is 0.111. The smallest absolute Gasteiger partial charge is 0.257 e. The lowest BCUT2D eigenvalue weighted by Gasteiger charge is -2.10. The highest BCUT2D eigenvalue weighted by atomic mass is 79.9. The molecule has 0 fully saturated rings. The maximum Gasteiger partial charge on any atom is 0.257 e. The van der Waals surface area contributed by atoms with Crippen molar-refractivity contribution in [1.29, 1.82) is 0 Å². The van der Waals surface area contributed by atoms with Crippen LogP contribution in [0, 0.1) is 0 Å². The number of benzene rings is 3. The quantitative estimate of drug-likeness (QED) is 0.180. The molecule has 0 atom stereocenters. The van der Waals surface area contributed by atoms with E-state index >= 15 is 0 Å². The largest absolute Gasteiger partial charge is 0.455 e. The Morgan fingerprint density at radius 1 is 1.00 bits per heavy atom. The SMILES string of the molecule is Cn1nnnc1/C(=N\OCc1nnc(-c2cccc(Cl)c2Oc2ccc(Br)cc2)o1)c1ccccc1. The van der Waals surface area contributed by atoms with Gasteiger partial charge in [0.1, 0.15) is 5.75 Å². The van der Waals surface area contributed by atoms with Gasteiger partial charge in [-0.2, -0.15) is 0 Å². The molecule has 0 N–H and O–H groups in total. The fraction of sp³-hybridized carbons (Fsp3) is 0.0833. The zero-order valence-electron chi connectivity index (χ0n) is 18.7. The van der Waals surface area contributed by atoms with E-state index in [9.17, 15) is 0 Å². The fourth-order valence-corrected chi connectivity index (χ4v) is 3.70. The summed E-state index contributed by atoms with van der Waals surface area (Å²) >= 11 is 9.83. The van der Waals surface area contributed by atoms with Crippen LogP contribution in [-0.4, -0.2) is 36.1 Å². The molecule has 0 radical (unpaired) electrons. The molecule has 0 saturated heterocycles. The van der Waals surface area contributed by atoms with E-state index in [1.54, 1.807) is 25.2 Å². The first kappa shape index (κ1) is 23.6. The Bertz CT molecular complexity index is 1500. The highest BCUT2D eigenvalue weighted by Crippen LogP contribution is 2.38. The second-order valence-electron chi connectivity index (χ2n) is 7.38. The second kappa shape index (κ2) is 10.7. The van der Waals surface area contributed by atoms with Gasteiger partial charge in [0.25, 0.3) is 11.8 Å². The van der Waals surface area contributed by atoms with Gasteiger partial charge in [0.2, 0.25) is 5.82 Å². The maximum absolute atomic E-state index is 6.42. The molecule has 36 heavy (non-hydrogen) atoms. The molecule has 0 aliphatic heterocycles. The lowest BCUT2D eigenvalue weighted by atomic mass is 10.1. The number of tetrazole rings is 1. The van der Waals surface area contributed by atoms with Crippen LogP contribution in [0.2, 0.25) is 5.02 Å². The molecule has 0 amide bonds. The molecule has 3 aromatic carbocycles. The van der Waals surface area contributed by atoms with Gasteiger partial charge in [-0.15, -0.1) is 15.3 Å². The number of aromatic nitrogens is 6. The van der Waals surface area contributed by atoms with Crippen LogP contribution in [0.15, 0.2) is 86.8 Å². The molecule has 0 aliphatic rings. The first-order valence-electron chi connectivity index (χ1n) is 10.6. The number of para-hydroxylation sites is 1. The van der Waals surface area contributed by atoms with Crippen LogP contribution in [0.5, 0.6) is 11.5 Å². The van der Waals surface area contributed by atoms with E-state index in [0.29, 0.717) is 33.6 Å². The van der Waals surface area contributed by atoms with Crippen molar-refractivity contribution in [2.75, 3.05) is 0 Å². The molecule has 5 aromatic rings. The van der Waals surface area contributed by atoms with Crippen LogP contribution >= 0.6 is 27.5 Å². The van der Waals surface area contributed by atoms with Gasteiger partial charge in [0, 0.05) is 17.1 Å². The summed E-state index contributed by atoms with van der Waals surface area (Å²) < 4.78 is 14.3. The molecular formula is C24H17BrClN7O3. The average Bonchev–Trinajstić information content (AvgIpc) is 3.54. The Balaban J connectivity index is 1.36. The molecule has 12 heteroatoms. The molecular weight excluding hydrogens is 550 g/mol. The summed E-state index contributed by atoms with van der Waals surface area (Å²) in [6, 6.07) is 22.1. The Morgan fingerprint density at radius 2 is 1.81 bits per heavy atom. The van der Waals surface area contributed by atoms with Crippen molar-refractivity contribution in [3.05, 3.63) is 99.6 Å². The number of rotatable bonds is 8. The van der Waals surface area contributed by atoms with E-state index in [4.69, 9.17) is 25.6 Å². The minimum absolute atomic E-state index is 0.0713. The topological polar surface area (TPSA) is 113 Å². The fourth-order valence-electron chi connectivity index (χ4n) is 3.22. The summed E-state index contributed by atoms with van der Waals surface area (Å²) in [7, 11) is 1.72. The van der Waals surface area contributed by atoms with Gasteiger partial charge in [0.15, 0.2) is 18.1 Å². The van der Waals surface area contributed by atoms with E-state index in [1.165, 1.54) is 4.68 Å². The third-order valence-corrected chi connectivity index (χ3v) is 5.75. The highest BCUT2D eigenvalue weighted by Gasteiger charge is 2.19. The van der Waals surface area contributed by atoms with Gasteiger partial charge in [-0.1, -0.05) is 69.1 Å². The maximum atomic E-state index is 6.42. The van der Waals surface area contributed by atoms with Crippen LogP contribution in [0.25, 0.3) is 11.5 Å². The molecule has 0 bridgehead atoms. The highest BCUT2D eigenvalue weighted by molar-refractivity contribution is 9.10. The Morgan fingerprint density at radius 3 is 2.56 bits per heavy atom. The summed E-state index contributed by atoms with van der Waals surface area (Å²) in [6.45, 7) is -0.0713. The van der Waals surface area contributed by atoms with Gasteiger partial charge in [0.05, 0.1) is 10.6 Å². The Kier molecular flexibility index (Phi) is 7.01. The third-order valence-electron chi connectivity index (χ3n) is 4.92. The van der Waals surface area contributed by atoms with Crippen molar-refractivity contribution in [3.63, 3.8) is 0 Å². The number of aryl methyl sites for hydroxylation is 1. The summed E-state index contributed by atoms with van der Waals surface area (Å²) in [4.78, 5) is 5.55. The van der Waals surface area contributed by atoms with Crippen LogP contribution in [0.4, 0.5) is 0 Å². The van der Waals surface area contributed by atoms with Gasteiger partial charge < -0.3 is 14.0 Å². The number of ether oxygens (including phenoxy) is 1. The van der Waals surface area contributed by atoms with E-state index < -0.39 is 0 Å². The van der Waals surface area contributed by atoms with Crippen molar-refractivity contribution >= 4 is 33.2 Å². The first-order chi connectivity index (χ1) is 17.6. The monoisotopic (exact) mass is 565 g/mol. The van der Waals surface area contributed by atoms with Gasteiger partial charge >= 0.3 is 0 Å². The van der Waals surface area contributed by atoms with Crippen LogP contribution in [-0.2, 0) is 18.5 Å². The molecule has 5 rings (SSSR count). The zero-order chi connectivity index (χ0) is 24.9. The number of hydrogen-bond donors (Lipinski definition) is 0. The Labute approximate surface area is 218 Å². The number of hydrogen-bond acceptors (Lipinski definition) is 9. The minimum atomic E-state index is -0.0713. The molecule has 2 heterocycles.